The summed E-state index contributed by atoms with van der Waals surface area (Å²) in [5.41, 5.74) is 0.605. The second kappa shape index (κ2) is 7.51. The monoisotopic (exact) mass is 357 g/mol. The van der Waals surface area contributed by atoms with Crippen molar-refractivity contribution < 1.29 is 4.79 Å². The van der Waals surface area contributed by atoms with E-state index in [0.717, 1.165) is 19.1 Å². The highest BCUT2D eigenvalue weighted by molar-refractivity contribution is 5.93. The number of hydrogen-bond donors (Lipinski definition) is 1. The SMILES string of the molecule is CCC[C@H]1CCC[C@H]2[C@@H]3C[C@@H](CN(C(=O)c4cnc(NC)nc4)C3)CN12. The Labute approximate surface area is 156 Å². The second-order valence-electron chi connectivity index (χ2n) is 8.25. The minimum Gasteiger partial charge on any atom is -0.357 e. The van der Waals surface area contributed by atoms with Gasteiger partial charge in [0.2, 0.25) is 5.95 Å². The third-order valence-corrected chi connectivity index (χ3v) is 6.55. The quantitative estimate of drug-likeness (QED) is 0.898. The first-order valence-corrected chi connectivity index (χ1v) is 10.2. The number of amides is 1. The number of nitrogens with zero attached hydrogens (tertiary/aromatic N) is 4. The van der Waals surface area contributed by atoms with Gasteiger partial charge in [-0.05, 0) is 37.5 Å². The van der Waals surface area contributed by atoms with Gasteiger partial charge >= 0.3 is 0 Å². The van der Waals surface area contributed by atoms with Crippen LogP contribution in [0.25, 0.3) is 0 Å². The van der Waals surface area contributed by atoms with E-state index in [-0.39, 0.29) is 5.91 Å². The van der Waals surface area contributed by atoms with Gasteiger partial charge in [0.25, 0.3) is 5.91 Å². The highest BCUT2D eigenvalue weighted by atomic mass is 16.2. The molecule has 3 aliphatic heterocycles. The zero-order valence-electron chi connectivity index (χ0n) is 16.0. The van der Waals surface area contributed by atoms with Gasteiger partial charge in [0, 0.05) is 51.2 Å². The Kier molecular flexibility index (Phi) is 5.11. The van der Waals surface area contributed by atoms with Crippen LogP contribution in [0.3, 0.4) is 0 Å². The maximum atomic E-state index is 13.0. The first-order valence-electron chi connectivity index (χ1n) is 10.2. The van der Waals surface area contributed by atoms with E-state index in [0.29, 0.717) is 29.4 Å². The van der Waals surface area contributed by atoms with Crippen LogP contribution in [0.5, 0.6) is 0 Å². The van der Waals surface area contributed by atoms with Gasteiger partial charge in [-0.15, -0.1) is 0 Å². The van der Waals surface area contributed by atoms with Gasteiger partial charge in [0.05, 0.1) is 5.56 Å². The lowest BCUT2D eigenvalue weighted by Crippen LogP contribution is -2.62. The molecule has 6 heteroatoms. The van der Waals surface area contributed by atoms with Crippen molar-refractivity contribution in [3.63, 3.8) is 0 Å². The van der Waals surface area contributed by atoms with E-state index in [4.69, 9.17) is 0 Å². The largest absolute Gasteiger partial charge is 0.357 e. The van der Waals surface area contributed by atoms with Crippen LogP contribution < -0.4 is 5.32 Å². The average molecular weight is 358 g/mol. The molecule has 3 aliphatic rings. The molecule has 3 saturated heterocycles. The summed E-state index contributed by atoms with van der Waals surface area (Å²) >= 11 is 0. The van der Waals surface area contributed by atoms with Crippen LogP contribution in [-0.4, -0.2) is 64.4 Å². The number of carbonyl (C=O) groups excluding carboxylic acids is 1. The van der Waals surface area contributed by atoms with Crippen LogP contribution in [0.15, 0.2) is 12.4 Å². The fourth-order valence-electron chi connectivity index (χ4n) is 5.47. The predicted molar refractivity (Wildman–Crippen MR) is 102 cm³/mol. The molecule has 0 unspecified atom stereocenters. The lowest BCUT2D eigenvalue weighted by molar-refractivity contribution is -0.0519. The number of anilines is 1. The minimum atomic E-state index is 0.0942. The molecule has 0 radical (unpaired) electrons. The number of rotatable bonds is 4. The van der Waals surface area contributed by atoms with Crippen LogP contribution >= 0.6 is 0 Å². The van der Waals surface area contributed by atoms with Crippen molar-refractivity contribution in [1.82, 2.24) is 19.8 Å². The van der Waals surface area contributed by atoms with Crippen molar-refractivity contribution in [2.75, 3.05) is 32.0 Å². The Hall–Kier alpha value is -1.69. The molecule has 4 atom stereocenters. The van der Waals surface area contributed by atoms with E-state index in [9.17, 15) is 4.79 Å². The maximum Gasteiger partial charge on any atom is 0.257 e. The summed E-state index contributed by atoms with van der Waals surface area (Å²) in [6.07, 6.45) is 11.2. The van der Waals surface area contributed by atoms with Crippen molar-refractivity contribution in [3.05, 3.63) is 18.0 Å². The number of aromatic nitrogens is 2. The molecule has 4 heterocycles. The van der Waals surface area contributed by atoms with Crippen molar-refractivity contribution in [1.29, 1.82) is 0 Å². The van der Waals surface area contributed by atoms with Crippen molar-refractivity contribution in [2.45, 2.75) is 57.5 Å². The second-order valence-corrected chi connectivity index (χ2v) is 8.25. The lowest BCUT2D eigenvalue weighted by Gasteiger charge is -2.55. The highest BCUT2D eigenvalue weighted by Gasteiger charge is 2.45. The molecule has 6 nitrogen and oxygen atoms in total. The third kappa shape index (κ3) is 3.31. The summed E-state index contributed by atoms with van der Waals surface area (Å²) in [6, 6.07) is 1.45. The zero-order chi connectivity index (χ0) is 18.1. The smallest absolute Gasteiger partial charge is 0.257 e. The molecule has 3 fully saturated rings. The van der Waals surface area contributed by atoms with E-state index in [1.165, 1.54) is 45.1 Å². The molecule has 0 aromatic carbocycles. The highest BCUT2D eigenvalue weighted by Crippen LogP contribution is 2.40. The van der Waals surface area contributed by atoms with E-state index in [2.05, 4.69) is 32.0 Å². The molecule has 2 bridgehead atoms. The molecule has 142 valence electrons. The number of likely N-dealkylation sites (tertiary alicyclic amines) is 1. The standard InChI is InChI=1S/C20H31N5O/c1-3-5-17-6-4-7-18-15-8-14(12-25(17)18)11-24(13-15)19(26)16-9-22-20(21-2)23-10-16/h9-10,14-15,17-18H,3-8,11-13H2,1-2H3,(H,21,22,23)/t14-,15+,17-,18-/m0/s1. The molecule has 0 spiro atoms. The number of nitrogens with one attached hydrogen (secondary N) is 1. The minimum absolute atomic E-state index is 0.0942. The third-order valence-electron chi connectivity index (χ3n) is 6.55. The average Bonchev–Trinajstić information content (AvgIpc) is 2.68. The Bertz CT molecular complexity index is 632. The first-order chi connectivity index (χ1) is 12.7. The summed E-state index contributed by atoms with van der Waals surface area (Å²) < 4.78 is 0. The summed E-state index contributed by atoms with van der Waals surface area (Å²) in [7, 11) is 1.78. The van der Waals surface area contributed by atoms with E-state index >= 15 is 0 Å². The molecule has 0 saturated carbocycles. The predicted octanol–water partition coefficient (Wildman–Crippen LogP) is 2.63. The number of fused-ring (bicyclic) bond motifs is 4. The molecule has 26 heavy (non-hydrogen) atoms. The van der Waals surface area contributed by atoms with Crippen LogP contribution in [0.4, 0.5) is 5.95 Å². The van der Waals surface area contributed by atoms with Gasteiger partial charge in [-0.2, -0.15) is 0 Å². The Morgan fingerprint density at radius 3 is 2.77 bits per heavy atom. The molecular weight excluding hydrogens is 326 g/mol. The Balaban J connectivity index is 1.47. The summed E-state index contributed by atoms with van der Waals surface area (Å²) in [4.78, 5) is 26.3. The molecule has 1 aromatic rings. The molecule has 0 aliphatic carbocycles. The summed E-state index contributed by atoms with van der Waals surface area (Å²) in [5, 5.41) is 2.90. The summed E-state index contributed by atoms with van der Waals surface area (Å²) in [5.74, 6) is 1.89. The van der Waals surface area contributed by atoms with Crippen LogP contribution in [0, 0.1) is 11.8 Å². The van der Waals surface area contributed by atoms with E-state index in [1.807, 2.05) is 0 Å². The maximum absolute atomic E-state index is 13.0. The van der Waals surface area contributed by atoms with Crippen molar-refractivity contribution in [2.24, 2.45) is 11.8 Å². The molecule has 1 N–H and O–H groups in total. The van der Waals surface area contributed by atoms with Crippen LogP contribution in [0.2, 0.25) is 0 Å². The van der Waals surface area contributed by atoms with Gasteiger partial charge in [-0.1, -0.05) is 19.8 Å². The van der Waals surface area contributed by atoms with Crippen molar-refractivity contribution >= 4 is 11.9 Å². The van der Waals surface area contributed by atoms with E-state index < -0.39 is 0 Å². The van der Waals surface area contributed by atoms with Gasteiger partial charge in [0.15, 0.2) is 0 Å². The van der Waals surface area contributed by atoms with Gasteiger partial charge in [-0.3, -0.25) is 9.69 Å². The topological polar surface area (TPSA) is 61.4 Å². The molecule has 1 aromatic heterocycles. The van der Waals surface area contributed by atoms with Crippen LogP contribution in [0.1, 0.15) is 55.8 Å². The fourth-order valence-corrected chi connectivity index (χ4v) is 5.47. The van der Waals surface area contributed by atoms with Gasteiger partial charge < -0.3 is 10.2 Å². The molecular formula is C20H31N5O. The van der Waals surface area contributed by atoms with E-state index in [1.54, 1.807) is 19.4 Å². The molecule has 1 amide bonds. The van der Waals surface area contributed by atoms with Crippen LogP contribution in [-0.2, 0) is 0 Å². The number of carbonyl (C=O) groups is 1. The normalized spacial score (nSPS) is 31.4. The zero-order valence-corrected chi connectivity index (χ0v) is 16.0. The first kappa shape index (κ1) is 17.7. The Morgan fingerprint density at radius 2 is 2.04 bits per heavy atom. The number of piperidine rings is 3. The molecule has 4 rings (SSSR count). The fraction of sp³-hybridized carbons (Fsp3) is 0.750. The lowest BCUT2D eigenvalue weighted by atomic mass is 9.74. The summed E-state index contributed by atoms with van der Waals surface area (Å²) in [6.45, 7) is 5.25. The number of hydrogen-bond acceptors (Lipinski definition) is 5. The van der Waals surface area contributed by atoms with Gasteiger partial charge in [-0.25, -0.2) is 9.97 Å². The van der Waals surface area contributed by atoms with Crippen molar-refractivity contribution in [3.8, 4) is 0 Å². The van der Waals surface area contributed by atoms with Gasteiger partial charge in [0.1, 0.15) is 0 Å². The Morgan fingerprint density at radius 1 is 1.23 bits per heavy atom.